The molecule has 148 valence electrons. The Morgan fingerprint density at radius 3 is 2.07 bits per heavy atom. The molecule has 0 aliphatic carbocycles. The van der Waals surface area contributed by atoms with Crippen LogP contribution < -0.4 is 5.32 Å². The maximum Gasteiger partial charge on any atom is 0.326 e. The van der Waals surface area contributed by atoms with Gasteiger partial charge in [-0.05, 0) is 30.3 Å². The van der Waals surface area contributed by atoms with E-state index in [0.29, 0.717) is 6.54 Å². The Morgan fingerprint density at radius 2 is 1.55 bits per heavy atom. The quantitative estimate of drug-likeness (QED) is 0.599. The molecule has 2 heterocycles. The van der Waals surface area contributed by atoms with Crippen LogP contribution in [0.2, 0.25) is 4.34 Å². The highest BCUT2D eigenvalue weighted by Crippen LogP contribution is 2.36. The molecule has 1 aliphatic heterocycles. The second-order valence-corrected chi connectivity index (χ2v) is 8.81. The Labute approximate surface area is 178 Å². The number of carbonyl (C=O) groups excluding carboxylic acids is 2. The van der Waals surface area contributed by atoms with Crippen molar-refractivity contribution in [2.24, 2.45) is 0 Å². The second kappa shape index (κ2) is 7.99. The molecule has 0 spiro atoms. The van der Waals surface area contributed by atoms with E-state index in [1.54, 1.807) is 0 Å². The largest absolute Gasteiger partial charge is 0.326 e. The molecular weight excluding hydrogens is 406 g/mol. The van der Waals surface area contributed by atoms with Gasteiger partial charge in [0.05, 0.1) is 11.0 Å². The minimum absolute atomic E-state index is 0.182. The van der Waals surface area contributed by atoms with E-state index in [4.69, 9.17) is 11.6 Å². The third-order valence-electron chi connectivity index (χ3n) is 4.96. The molecular formula is C22H20ClN3O2S. The van der Waals surface area contributed by atoms with Crippen LogP contribution in [-0.4, -0.2) is 35.5 Å². The van der Waals surface area contributed by atoms with Crippen LogP contribution >= 0.6 is 22.9 Å². The summed E-state index contributed by atoms with van der Waals surface area (Å²) >= 11 is 7.49. The Morgan fingerprint density at radius 1 is 0.966 bits per heavy atom. The van der Waals surface area contributed by atoms with Gasteiger partial charge in [0.15, 0.2) is 5.54 Å². The van der Waals surface area contributed by atoms with Crippen molar-refractivity contribution in [2.45, 2.75) is 12.1 Å². The van der Waals surface area contributed by atoms with Gasteiger partial charge in [-0.1, -0.05) is 72.3 Å². The highest BCUT2D eigenvalue weighted by Gasteiger charge is 2.53. The van der Waals surface area contributed by atoms with Gasteiger partial charge in [0, 0.05) is 11.4 Å². The van der Waals surface area contributed by atoms with Crippen LogP contribution in [0.3, 0.4) is 0 Å². The monoisotopic (exact) mass is 425 g/mol. The fourth-order valence-electron chi connectivity index (χ4n) is 3.63. The van der Waals surface area contributed by atoms with E-state index in [0.717, 1.165) is 20.3 Å². The fourth-order valence-corrected chi connectivity index (χ4v) is 4.80. The molecule has 0 bridgehead atoms. The highest BCUT2D eigenvalue weighted by molar-refractivity contribution is 7.16. The lowest BCUT2D eigenvalue weighted by Gasteiger charge is -2.28. The number of halogens is 1. The summed E-state index contributed by atoms with van der Waals surface area (Å²) < 4.78 is 0.718. The third-order valence-corrected chi connectivity index (χ3v) is 6.17. The van der Waals surface area contributed by atoms with Crippen molar-refractivity contribution in [3.8, 4) is 0 Å². The van der Waals surface area contributed by atoms with Gasteiger partial charge in [-0.15, -0.1) is 11.3 Å². The molecule has 2 aromatic carbocycles. The van der Waals surface area contributed by atoms with Crippen LogP contribution in [0.5, 0.6) is 0 Å². The van der Waals surface area contributed by atoms with Gasteiger partial charge in [-0.25, -0.2) is 9.69 Å². The smallest absolute Gasteiger partial charge is 0.315 e. The minimum Gasteiger partial charge on any atom is -0.315 e. The molecule has 3 amide bonds. The number of carbonyl (C=O) groups is 2. The summed E-state index contributed by atoms with van der Waals surface area (Å²) in [4.78, 5) is 30.8. The average molecular weight is 426 g/mol. The summed E-state index contributed by atoms with van der Waals surface area (Å²) in [6.07, 6.45) is 0. The van der Waals surface area contributed by atoms with E-state index < -0.39 is 11.6 Å². The molecule has 1 saturated heterocycles. The standard InChI is InChI=1S/C22H20ClN3O2S/c1-25(14-18-12-13-19(23)29-18)15-26-20(27)22(24-21(26)28,16-8-4-2-5-9-16)17-10-6-3-7-11-17/h2-13H,14-15H2,1H3,(H,24,28). The van der Waals surface area contributed by atoms with Gasteiger partial charge in [0.2, 0.25) is 0 Å². The number of nitrogens with zero attached hydrogens (tertiary/aromatic N) is 2. The number of hydrogen-bond donors (Lipinski definition) is 1. The first-order valence-electron chi connectivity index (χ1n) is 9.18. The zero-order chi connectivity index (χ0) is 20.4. The maximum absolute atomic E-state index is 13.6. The first-order valence-corrected chi connectivity index (χ1v) is 10.4. The second-order valence-electron chi connectivity index (χ2n) is 7.01. The van der Waals surface area contributed by atoms with Crippen molar-refractivity contribution >= 4 is 34.9 Å². The van der Waals surface area contributed by atoms with Crippen molar-refractivity contribution < 1.29 is 9.59 Å². The first kappa shape index (κ1) is 19.6. The molecule has 1 aromatic heterocycles. The number of imide groups is 1. The Balaban J connectivity index is 1.65. The lowest BCUT2D eigenvalue weighted by atomic mass is 9.83. The van der Waals surface area contributed by atoms with Gasteiger partial charge < -0.3 is 5.32 Å². The number of benzene rings is 2. The van der Waals surface area contributed by atoms with E-state index in [9.17, 15) is 9.59 Å². The van der Waals surface area contributed by atoms with Crippen molar-refractivity contribution in [3.05, 3.63) is 93.1 Å². The number of urea groups is 1. The summed E-state index contributed by atoms with van der Waals surface area (Å²) in [5.41, 5.74) is 0.242. The normalized spacial score (nSPS) is 15.8. The zero-order valence-electron chi connectivity index (χ0n) is 15.8. The summed E-state index contributed by atoms with van der Waals surface area (Å²) in [5.74, 6) is -0.282. The number of rotatable bonds is 6. The topological polar surface area (TPSA) is 52.6 Å². The molecule has 0 unspecified atom stereocenters. The number of amides is 3. The first-order chi connectivity index (χ1) is 14.0. The third kappa shape index (κ3) is 3.67. The van der Waals surface area contributed by atoms with Crippen LogP contribution in [0, 0.1) is 0 Å². The lowest BCUT2D eigenvalue weighted by molar-refractivity contribution is -0.131. The number of hydrogen-bond acceptors (Lipinski definition) is 4. The molecule has 0 saturated carbocycles. The highest BCUT2D eigenvalue weighted by atomic mass is 35.5. The lowest BCUT2D eigenvalue weighted by Crippen LogP contribution is -2.46. The van der Waals surface area contributed by atoms with Gasteiger partial charge in [-0.2, -0.15) is 0 Å². The van der Waals surface area contributed by atoms with E-state index in [1.807, 2.05) is 84.7 Å². The summed E-state index contributed by atoms with van der Waals surface area (Å²) in [6.45, 7) is 0.778. The molecule has 1 aliphatic rings. The van der Waals surface area contributed by atoms with Crippen LogP contribution in [0.15, 0.2) is 72.8 Å². The average Bonchev–Trinajstić information content (AvgIpc) is 3.25. The molecule has 1 N–H and O–H groups in total. The molecule has 0 radical (unpaired) electrons. The van der Waals surface area contributed by atoms with Crippen LogP contribution in [0.4, 0.5) is 4.79 Å². The predicted octanol–water partition coefficient (Wildman–Crippen LogP) is 4.29. The molecule has 29 heavy (non-hydrogen) atoms. The van der Waals surface area contributed by atoms with E-state index in [-0.39, 0.29) is 12.6 Å². The van der Waals surface area contributed by atoms with E-state index in [1.165, 1.54) is 16.2 Å². The van der Waals surface area contributed by atoms with Crippen LogP contribution in [0.25, 0.3) is 0 Å². The maximum atomic E-state index is 13.6. The minimum atomic E-state index is -1.23. The Hall–Kier alpha value is -2.67. The van der Waals surface area contributed by atoms with Gasteiger partial charge in [-0.3, -0.25) is 9.69 Å². The molecule has 0 atom stereocenters. The SMILES string of the molecule is CN(Cc1ccc(Cl)s1)CN1C(=O)NC(c2ccccc2)(c2ccccc2)C1=O. The van der Waals surface area contributed by atoms with E-state index >= 15 is 0 Å². The summed E-state index contributed by atoms with van der Waals surface area (Å²) in [5, 5.41) is 2.97. The van der Waals surface area contributed by atoms with Crippen molar-refractivity contribution in [3.63, 3.8) is 0 Å². The molecule has 5 nitrogen and oxygen atoms in total. The zero-order valence-corrected chi connectivity index (χ0v) is 17.4. The number of nitrogens with one attached hydrogen (secondary N) is 1. The molecule has 1 fully saturated rings. The summed E-state index contributed by atoms with van der Waals surface area (Å²) in [6, 6.07) is 22.1. The van der Waals surface area contributed by atoms with Crippen LogP contribution in [0.1, 0.15) is 16.0 Å². The van der Waals surface area contributed by atoms with Crippen LogP contribution in [-0.2, 0) is 16.9 Å². The van der Waals surface area contributed by atoms with Gasteiger partial charge in [0.1, 0.15) is 0 Å². The fraction of sp³-hybridized carbons (Fsp3) is 0.182. The van der Waals surface area contributed by atoms with Crippen molar-refractivity contribution in [1.82, 2.24) is 15.1 Å². The van der Waals surface area contributed by atoms with Crippen molar-refractivity contribution in [1.29, 1.82) is 0 Å². The Kier molecular flexibility index (Phi) is 5.41. The van der Waals surface area contributed by atoms with E-state index in [2.05, 4.69) is 5.32 Å². The number of thiophene rings is 1. The molecule has 7 heteroatoms. The Bertz CT molecular complexity index is 983. The van der Waals surface area contributed by atoms with Crippen molar-refractivity contribution in [2.75, 3.05) is 13.7 Å². The molecule has 4 rings (SSSR count). The predicted molar refractivity (Wildman–Crippen MR) is 115 cm³/mol. The van der Waals surface area contributed by atoms with Gasteiger partial charge >= 0.3 is 6.03 Å². The summed E-state index contributed by atoms with van der Waals surface area (Å²) in [7, 11) is 1.87. The van der Waals surface area contributed by atoms with Gasteiger partial charge in [0.25, 0.3) is 5.91 Å². The molecule has 3 aromatic rings.